The summed E-state index contributed by atoms with van der Waals surface area (Å²) in [5.74, 6) is 0.172. The molecule has 1 saturated carbocycles. The van der Waals surface area contributed by atoms with Crippen molar-refractivity contribution in [3.05, 3.63) is 0 Å². The van der Waals surface area contributed by atoms with Crippen molar-refractivity contribution in [1.82, 2.24) is 10.2 Å². The zero-order valence-corrected chi connectivity index (χ0v) is 13.0. The Labute approximate surface area is 127 Å². The van der Waals surface area contributed by atoms with E-state index >= 15 is 0 Å². The summed E-state index contributed by atoms with van der Waals surface area (Å²) >= 11 is 0. The summed E-state index contributed by atoms with van der Waals surface area (Å²) in [6.07, 6.45) is 5.78. The van der Waals surface area contributed by atoms with Gasteiger partial charge in [-0.1, -0.05) is 12.8 Å². The summed E-state index contributed by atoms with van der Waals surface area (Å²) in [5.41, 5.74) is 5.53. The first-order valence-electron chi connectivity index (χ1n) is 7.34. The first-order chi connectivity index (χ1) is 9.13. The van der Waals surface area contributed by atoms with Crippen LogP contribution in [-0.4, -0.2) is 43.4 Å². The second kappa shape index (κ2) is 7.27. The molecule has 0 aromatic heterocycles. The minimum atomic E-state index is -0.343. The van der Waals surface area contributed by atoms with Gasteiger partial charge in [-0.15, -0.1) is 12.4 Å². The van der Waals surface area contributed by atoms with Gasteiger partial charge < -0.3 is 16.0 Å². The summed E-state index contributed by atoms with van der Waals surface area (Å²) in [7, 11) is 1.65. The molecule has 1 heterocycles. The van der Waals surface area contributed by atoms with Crippen molar-refractivity contribution in [2.75, 3.05) is 26.7 Å². The SMILES string of the molecule is CNC(=O)C1CCCN(C(=O)C2(CN)CCCC2)C1.Cl. The van der Waals surface area contributed by atoms with Gasteiger partial charge in [-0.2, -0.15) is 0 Å². The summed E-state index contributed by atoms with van der Waals surface area (Å²) in [6.45, 7) is 1.77. The molecule has 0 aromatic carbocycles. The lowest BCUT2D eigenvalue weighted by atomic mass is 9.83. The van der Waals surface area contributed by atoms with Gasteiger partial charge in [0, 0.05) is 26.7 Å². The molecule has 1 atom stereocenters. The number of halogens is 1. The topological polar surface area (TPSA) is 75.4 Å². The molecule has 1 saturated heterocycles. The molecule has 1 aliphatic carbocycles. The second-order valence-electron chi connectivity index (χ2n) is 5.90. The van der Waals surface area contributed by atoms with E-state index in [2.05, 4.69) is 5.32 Å². The molecule has 0 radical (unpaired) electrons. The molecule has 2 rings (SSSR count). The maximum Gasteiger partial charge on any atom is 0.230 e. The van der Waals surface area contributed by atoms with Gasteiger partial charge in [0.25, 0.3) is 0 Å². The van der Waals surface area contributed by atoms with E-state index in [-0.39, 0.29) is 35.6 Å². The van der Waals surface area contributed by atoms with Crippen LogP contribution in [0.1, 0.15) is 38.5 Å². The molecule has 116 valence electrons. The maximum absolute atomic E-state index is 12.7. The van der Waals surface area contributed by atoms with Crippen molar-refractivity contribution in [2.45, 2.75) is 38.5 Å². The van der Waals surface area contributed by atoms with Crippen molar-refractivity contribution in [2.24, 2.45) is 17.1 Å². The van der Waals surface area contributed by atoms with E-state index in [1.807, 2.05) is 4.90 Å². The van der Waals surface area contributed by atoms with Crippen molar-refractivity contribution < 1.29 is 9.59 Å². The standard InChI is InChI=1S/C14H25N3O2.ClH/c1-16-12(18)11-5-4-8-17(9-11)13(19)14(10-15)6-2-3-7-14;/h11H,2-10,15H2,1H3,(H,16,18);1H. The number of hydrogen-bond donors (Lipinski definition) is 2. The quantitative estimate of drug-likeness (QED) is 0.814. The van der Waals surface area contributed by atoms with Crippen LogP contribution in [0.5, 0.6) is 0 Å². The molecule has 2 fully saturated rings. The minimum absolute atomic E-state index is 0. The lowest BCUT2D eigenvalue weighted by Gasteiger charge is -2.38. The van der Waals surface area contributed by atoms with Crippen LogP contribution >= 0.6 is 12.4 Å². The molecular formula is C14H26ClN3O2. The molecule has 2 aliphatic rings. The lowest BCUT2D eigenvalue weighted by Crippen LogP contribution is -2.51. The second-order valence-corrected chi connectivity index (χ2v) is 5.90. The average molecular weight is 304 g/mol. The number of nitrogens with two attached hydrogens (primary N) is 1. The van der Waals surface area contributed by atoms with Crippen molar-refractivity contribution in [3.63, 3.8) is 0 Å². The molecule has 3 N–H and O–H groups in total. The number of carbonyl (C=O) groups excluding carboxylic acids is 2. The lowest BCUT2D eigenvalue weighted by molar-refractivity contribution is -0.144. The van der Waals surface area contributed by atoms with Crippen LogP contribution in [0, 0.1) is 11.3 Å². The first kappa shape index (κ1) is 17.2. The molecule has 1 unspecified atom stereocenters. The van der Waals surface area contributed by atoms with Crippen molar-refractivity contribution in [1.29, 1.82) is 0 Å². The Morgan fingerprint density at radius 2 is 1.95 bits per heavy atom. The summed E-state index contributed by atoms with van der Waals surface area (Å²) in [6, 6.07) is 0. The summed E-state index contributed by atoms with van der Waals surface area (Å²) in [4.78, 5) is 26.3. The monoisotopic (exact) mass is 303 g/mol. The van der Waals surface area contributed by atoms with Gasteiger partial charge in [0.15, 0.2) is 0 Å². The van der Waals surface area contributed by atoms with Crippen molar-refractivity contribution >= 4 is 24.2 Å². The highest BCUT2D eigenvalue weighted by molar-refractivity contribution is 5.85. The molecule has 6 heteroatoms. The molecule has 0 aromatic rings. The average Bonchev–Trinajstić information content (AvgIpc) is 2.96. The van der Waals surface area contributed by atoms with Crippen LogP contribution in [0.25, 0.3) is 0 Å². The van der Waals surface area contributed by atoms with E-state index in [9.17, 15) is 9.59 Å². The van der Waals surface area contributed by atoms with E-state index in [4.69, 9.17) is 5.73 Å². The third kappa shape index (κ3) is 3.26. The third-order valence-corrected chi connectivity index (χ3v) is 4.73. The Balaban J connectivity index is 0.00000200. The Kier molecular flexibility index (Phi) is 6.27. The fourth-order valence-corrected chi connectivity index (χ4v) is 3.47. The van der Waals surface area contributed by atoms with Gasteiger partial charge in [0.2, 0.25) is 11.8 Å². The van der Waals surface area contributed by atoms with E-state index in [0.717, 1.165) is 45.1 Å². The van der Waals surface area contributed by atoms with E-state index in [1.54, 1.807) is 7.05 Å². The minimum Gasteiger partial charge on any atom is -0.359 e. The van der Waals surface area contributed by atoms with E-state index < -0.39 is 0 Å². The highest BCUT2D eigenvalue weighted by Crippen LogP contribution is 2.39. The molecule has 20 heavy (non-hydrogen) atoms. The van der Waals surface area contributed by atoms with Gasteiger partial charge in [-0.05, 0) is 25.7 Å². The van der Waals surface area contributed by atoms with Crippen LogP contribution < -0.4 is 11.1 Å². The Bertz CT molecular complexity index is 356. The number of nitrogens with one attached hydrogen (secondary N) is 1. The Morgan fingerprint density at radius 3 is 2.50 bits per heavy atom. The van der Waals surface area contributed by atoms with E-state index in [0.29, 0.717) is 13.1 Å². The predicted molar refractivity (Wildman–Crippen MR) is 80.6 cm³/mol. The molecule has 0 spiro atoms. The maximum atomic E-state index is 12.7. The number of carbonyl (C=O) groups is 2. The zero-order valence-electron chi connectivity index (χ0n) is 12.2. The zero-order chi connectivity index (χ0) is 13.9. The van der Waals surface area contributed by atoms with E-state index in [1.165, 1.54) is 0 Å². The highest BCUT2D eigenvalue weighted by atomic mass is 35.5. The van der Waals surface area contributed by atoms with Gasteiger partial charge in [-0.3, -0.25) is 9.59 Å². The molecule has 0 bridgehead atoms. The van der Waals surface area contributed by atoms with Gasteiger partial charge >= 0.3 is 0 Å². The highest BCUT2D eigenvalue weighted by Gasteiger charge is 2.43. The first-order valence-corrected chi connectivity index (χ1v) is 7.34. The van der Waals surface area contributed by atoms with Gasteiger partial charge in [-0.25, -0.2) is 0 Å². The molecular weight excluding hydrogens is 278 g/mol. The predicted octanol–water partition coefficient (Wildman–Crippen LogP) is 0.912. The number of nitrogens with zero attached hydrogens (tertiary/aromatic N) is 1. The molecule has 1 aliphatic heterocycles. The number of hydrogen-bond acceptors (Lipinski definition) is 3. The van der Waals surface area contributed by atoms with Crippen LogP contribution in [-0.2, 0) is 9.59 Å². The van der Waals surface area contributed by atoms with Gasteiger partial charge in [0.05, 0.1) is 11.3 Å². The number of rotatable bonds is 3. The summed E-state index contributed by atoms with van der Waals surface area (Å²) < 4.78 is 0. The summed E-state index contributed by atoms with van der Waals surface area (Å²) in [5, 5.41) is 2.69. The largest absolute Gasteiger partial charge is 0.359 e. The van der Waals surface area contributed by atoms with Gasteiger partial charge in [0.1, 0.15) is 0 Å². The normalized spacial score (nSPS) is 24.9. The number of piperidine rings is 1. The fourth-order valence-electron chi connectivity index (χ4n) is 3.47. The van der Waals surface area contributed by atoms with Crippen LogP contribution in [0.4, 0.5) is 0 Å². The fraction of sp³-hybridized carbons (Fsp3) is 0.857. The van der Waals surface area contributed by atoms with Crippen LogP contribution in [0.15, 0.2) is 0 Å². The molecule has 5 nitrogen and oxygen atoms in total. The number of amides is 2. The van der Waals surface area contributed by atoms with Crippen molar-refractivity contribution in [3.8, 4) is 0 Å². The van der Waals surface area contributed by atoms with Crippen LogP contribution in [0.3, 0.4) is 0 Å². The van der Waals surface area contributed by atoms with Crippen LogP contribution in [0.2, 0.25) is 0 Å². The Morgan fingerprint density at radius 1 is 1.30 bits per heavy atom. The Hall–Kier alpha value is -0.810. The third-order valence-electron chi connectivity index (χ3n) is 4.73. The molecule has 2 amide bonds. The number of likely N-dealkylation sites (tertiary alicyclic amines) is 1. The smallest absolute Gasteiger partial charge is 0.230 e.